The first-order valence-corrected chi connectivity index (χ1v) is 12.6. The number of nitrogens with two attached hydrogens (primary N) is 1. The summed E-state index contributed by atoms with van der Waals surface area (Å²) in [5, 5.41) is 1.93. The zero-order chi connectivity index (χ0) is 26.0. The molecule has 1 aromatic rings. The summed E-state index contributed by atoms with van der Waals surface area (Å²) in [6.45, 7) is 12.9. The molecule has 0 bridgehead atoms. The molecule has 192 valence electrons. The number of rotatable bonds is 14. The van der Waals surface area contributed by atoms with Crippen molar-refractivity contribution >= 4 is 35.1 Å². The maximum absolute atomic E-state index is 13.3. The van der Waals surface area contributed by atoms with E-state index in [1.54, 1.807) is 4.90 Å². The van der Waals surface area contributed by atoms with E-state index in [2.05, 4.69) is 4.98 Å². The number of hydrogen-bond acceptors (Lipinski definition) is 8. The Labute approximate surface area is 206 Å². The van der Waals surface area contributed by atoms with Crippen LogP contribution in [0.4, 0.5) is 0 Å². The predicted octanol–water partition coefficient (Wildman–Crippen LogP) is 4.07. The van der Waals surface area contributed by atoms with E-state index in [4.69, 9.17) is 15.2 Å². The van der Waals surface area contributed by atoms with Crippen LogP contribution in [0.3, 0.4) is 0 Å². The molecule has 0 saturated carbocycles. The van der Waals surface area contributed by atoms with Crippen LogP contribution in [-0.2, 0) is 23.9 Å². The van der Waals surface area contributed by atoms with Crippen LogP contribution in [0.1, 0.15) is 95.7 Å². The molecule has 34 heavy (non-hydrogen) atoms. The summed E-state index contributed by atoms with van der Waals surface area (Å²) < 4.78 is 11.0. The highest BCUT2D eigenvalue weighted by atomic mass is 32.1. The lowest BCUT2D eigenvalue weighted by Crippen LogP contribution is -2.46. The summed E-state index contributed by atoms with van der Waals surface area (Å²) in [5.74, 6) is -1.44. The second-order valence-electron chi connectivity index (χ2n) is 9.40. The number of carbonyl (C=O) groups excluding carboxylic acids is 4. The second kappa shape index (κ2) is 14.0. The third-order valence-corrected chi connectivity index (χ3v) is 6.40. The van der Waals surface area contributed by atoms with Gasteiger partial charge in [0.2, 0.25) is 5.91 Å². The lowest BCUT2D eigenvalue weighted by Gasteiger charge is -2.36. The molecule has 0 aliphatic rings. The maximum atomic E-state index is 13.3. The molecule has 0 fully saturated rings. The van der Waals surface area contributed by atoms with E-state index in [-0.39, 0.29) is 54.9 Å². The van der Waals surface area contributed by atoms with Gasteiger partial charge in [0.15, 0.2) is 12.8 Å². The summed E-state index contributed by atoms with van der Waals surface area (Å²) in [6.07, 6.45) is 0.850. The summed E-state index contributed by atoms with van der Waals surface area (Å²) in [5.41, 5.74) is 5.41. The normalized spacial score (nSPS) is 13.9. The van der Waals surface area contributed by atoms with Gasteiger partial charge in [0.1, 0.15) is 10.7 Å². The van der Waals surface area contributed by atoms with Crippen LogP contribution in [0.2, 0.25) is 0 Å². The third-order valence-electron chi connectivity index (χ3n) is 5.46. The Kier molecular flexibility index (Phi) is 12.2. The van der Waals surface area contributed by atoms with E-state index in [0.717, 1.165) is 17.8 Å². The molecular formula is C24H39N3O6S. The minimum Gasteiger partial charge on any atom is -0.455 e. The van der Waals surface area contributed by atoms with Gasteiger partial charge in [-0.05, 0) is 17.8 Å². The minimum absolute atomic E-state index is 0.0432. The zero-order valence-electron chi connectivity index (χ0n) is 21.3. The number of thiazole rings is 1. The number of amides is 2. The van der Waals surface area contributed by atoms with Gasteiger partial charge in [0.05, 0.1) is 0 Å². The van der Waals surface area contributed by atoms with Gasteiger partial charge in [0, 0.05) is 37.6 Å². The van der Waals surface area contributed by atoms with Gasteiger partial charge < -0.3 is 20.1 Å². The van der Waals surface area contributed by atoms with Crippen LogP contribution in [0.15, 0.2) is 5.38 Å². The number of carbonyl (C=O) groups is 4. The van der Waals surface area contributed by atoms with Crippen molar-refractivity contribution in [1.82, 2.24) is 9.88 Å². The molecule has 0 aromatic carbocycles. The first-order chi connectivity index (χ1) is 15.8. The molecule has 9 nitrogen and oxygen atoms in total. The van der Waals surface area contributed by atoms with Gasteiger partial charge in [-0.15, -0.1) is 11.3 Å². The van der Waals surface area contributed by atoms with E-state index < -0.39 is 24.0 Å². The molecule has 0 radical (unpaired) electrons. The van der Waals surface area contributed by atoms with Crippen molar-refractivity contribution in [3.05, 3.63) is 16.1 Å². The topological polar surface area (TPSA) is 129 Å². The number of aromatic nitrogens is 1. The Morgan fingerprint density at radius 3 is 2.24 bits per heavy atom. The summed E-state index contributed by atoms with van der Waals surface area (Å²) in [4.78, 5) is 54.6. The highest BCUT2D eigenvalue weighted by Gasteiger charge is 2.33. The molecule has 1 heterocycles. The fraction of sp³-hybridized carbons (Fsp3) is 0.708. The Hall–Kier alpha value is -2.49. The smallest absolute Gasteiger partial charge is 0.307 e. The van der Waals surface area contributed by atoms with Gasteiger partial charge in [-0.25, -0.2) is 4.98 Å². The van der Waals surface area contributed by atoms with Crippen LogP contribution in [0.25, 0.3) is 0 Å². The van der Waals surface area contributed by atoms with Gasteiger partial charge in [0.25, 0.3) is 5.91 Å². The van der Waals surface area contributed by atoms with Gasteiger partial charge in [-0.3, -0.25) is 19.2 Å². The van der Waals surface area contributed by atoms with Gasteiger partial charge >= 0.3 is 11.9 Å². The van der Waals surface area contributed by atoms with E-state index >= 15 is 0 Å². The lowest BCUT2D eigenvalue weighted by atomic mass is 9.95. The van der Waals surface area contributed by atoms with Crippen molar-refractivity contribution in [3.63, 3.8) is 0 Å². The molecule has 0 aliphatic carbocycles. The average molecular weight is 498 g/mol. The average Bonchev–Trinajstić information content (AvgIpc) is 3.21. The van der Waals surface area contributed by atoms with E-state index in [0.29, 0.717) is 11.4 Å². The van der Waals surface area contributed by atoms with Crippen LogP contribution >= 0.6 is 11.3 Å². The number of esters is 2. The molecule has 1 aromatic heterocycles. The molecule has 0 saturated heterocycles. The van der Waals surface area contributed by atoms with Crippen LogP contribution in [0, 0.1) is 17.8 Å². The van der Waals surface area contributed by atoms with Crippen molar-refractivity contribution in [2.24, 2.45) is 23.5 Å². The standard InChI is InChI=1S/C24H39N3O6S/c1-8-16(6)10-21(29)27(13-32-22(30)9-14(2)3)19(15(4)5)11-20(33-17(7)28)24-26-18(12-34-24)23(25)31/h12,14-16,19-20H,8-11,13H2,1-7H3,(H2,25,31). The van der Waals surface area contributed by atoms with E-state index in [1.165, 1.54) is 12.3 Å². The van der Waals surface area contributed by atoms with Crippen LogP contribution < -0.4 is 5.73 Å². The van der Waals surface area contributed by atoms with Crippen LogP contribution in [-0.4, -0.2) is 46.4 Å². The molecular weight excluding hydrogens is 458 g/mol. The van der Waals surface area contributed by atoms with E-state index in [1.807, 2.05) is 41.5 Å². The Bertz CT molecular complexity index is 838. The summed E-state index contributed by atoms with van der Waals surface area (Å²) in [6, 6.07) is -0.409. The highest BCUT2D eigenvalue weighted by Crippen LogP contribution is 2.31. The number of ether oxygens (including phenoxy) is 2. The van der Waals surface area contributed by atoms with Crippen molar-refractivity contribution in [1.29, 1.82) is 0 Å². The first kappa shape index (κ1) is 29.5. The maximum Gasteiger partial charge on any atom is 0.307 e. The molecule has 2 amide bonds. The fourth-order valence-corrected chi connectivity index (χ4v) is 4.22. The van der Waals surface area contributed by atoms with Crippen molar-refractivity contribution < 1.29 is 28.7 Å². The molecule has 0 aliphatic heterocycles. The third kappa shape index (κ3) is 9.79. The van der Waals surface area contributed by atoms with Crippen molar-refractivity contribution in [2.45, 2.75) is 86.3 Å². The highest BCUT2D eigenvalue weighted by molar-refractivity contribution is 7.09. The molecule has 2 N–H and O–H groups in total. The molecule has 10 heteroatoms. The number of primary amides is 1. The summed E-state index contributed by atoms with van der Waals surface area (Å²) in [7, 11) is 0. The minimum atomic E-state index is -0.784. The molecule has 3 atom stereocenters. The molecule has 1 rings (SSSR count). The molecule has 0 spiro atoms. The largest absolute Gasteiger partial charge is 0.455 e. The Balaban J connectivity index is 3.24. The predicted molar refractivity (Wildman–Crippen MR) is 130 cm³/mol. The SMILES string of the molecule is CCC(C)CC(=O)N(COC(=O)CC(C)C)C(CC(OC(C)=O)c1nc(C(N)=O)cs1)C(C)C. The monoisotopic (exact) mass is 497 g/mol. The fourth-order valence-electron chi connectivity index (χ4n) is 3.37. The Morgan fingerprint density at radius 1 is 1.12 bits per heavy atom. The van der Waals surface area contributed by atoms with Gasteiger partial charge in [-0.1, -0.05) is 48.0 Å². The second-order valence-corrected chi connectivity index (χ2v) is 10.3. The van der Waals surface area contributed by atoms with Crippen molar-refractivity contribution in [2.75, 3.05) is 6.73 Å². The molecule has 3 unspecified atom stereocenters. The van der Waals surface area contributed by atoms with Gasteiger partial charge in [-0.2, -0.15) is 0 Å². The Morgan fingerprint density at radius 2 is 1.76 bits per heavy atom. The first-order valence-electron chi connectivity index (χ1n) is 11.7. The quantitative estimate of drug-likeness (QED) is 0.303. The van der Waals surface area contributed by atoms with Crippen LogP contribution in [0.5, 0.6) is 0 Å². The number of nitrogens with zero attached hydrogens (tertiary/aromatic N) is 2. The van der Waals surface area contributed by atoms with Crippen molar-refractivity contribution in [3.8, 4) is 0 Å². The van der Waals surface area contributed by atoms with E-state index in [9.17, 15) is 19.2 Å². The lowest BCUT2D eigenvalue weighted by molar-refractivity contribution is -0.158. The summed E-state index contributed by atoms with van der Waals surface area (Å²) >= 11 is 1.16. The number of hydrogen-bond donors (Lipinski definition) is 1. The zero-order valence-corrected chi connectivity index (χ0v) is 22.1.